The van der Waals surface area contributed by atoms with Crippen molar-refractivity contribution in [3.63, 3.8) is 0 Å². The minimum absolute atomic E-state index is 0.160. The second kappa shape index (κ2) is 4.62. The van der Waals surface area contributed by atoms with E-state index in [9.17, 15) is 27.6 Å². The highest BCUT2D eigenvalue weighted by Gasteiger charge is 2.39. The second-order valence-corrected chi connectivity index (χ2v) is 4.03. The number of carbonyl (C=O) groups is 3. The fourth-order valence-electron chi connectivity index (χ4n) is 1.80. The molecule has 1 heterocycles. The maximum Gasteiger partial charge on any atom is 0.416 e. The van der Waals surface area contributed by atoms with Gasteiger partial charge in [-0.05, 0) is 18.2 Å². The zero-order valence-electron chi connectivity index (χ0n) is 10.2. The van der Waals surface area contributed by atoms with Gasteiger partial charge in [0.2, 0.25) is 0 Å². The summed E-state index contributed by atoms with van der Waals surface area (Å²) in [6, 6.07) is 2.24. The number of hydrogen-bond acceptors (Lipinski definition) is 4. The second-order valence-electron chi connectivity index (χ2n) is 4.03. The number of amides is 2. The van der Waals surface area contributed by atoms with E-state index in [1.165, 1.54) is 0 Å². The highest BCUT2D eigenvalue weighted by molar-refractivity contribution is 6.22. The Labute approximate surface area is 110 Å². The van der Waals surface area contributed by atoms with Gasteiger partial charge in [-0.1, -0.05) is 0 Å². The van der Waals surface area contributed by atoms with Gasteiger partial charge in [0, 0.05) is 0 Å². The number of esters is 1. The van der Waals surface area contributed by atoms with Crippen molar-refractivity contribution in [3.05, 3.63) is 34.9 Å². The summed E-state index contributed by atoms with van der Waals surface area (Å²) in [6.07, 6.45) is -4.62. The maximum absolute atomic E-state index is 12.6. The molecule has 1 aliphatic heterocycles. The van der Waals surface area contributed by atoms with Crippen LogP contribution >= 0.6 is 0 Å². The molecule has 0 saturated carbocycles. The number of alkyl halides is 3. The Morgan fingerprint density at radius 2 is 1.80 bits per heavy atom. The first-order chi connectivity index (χ1) is 9.25. The summed E-state index contributed by atoms with van der Waals surface area (Å²) in [5.41, 5.74) is -1.56. The van der Waals surface area contributed by atoms with Crippen LogP contribution < -0.4 is 0 Å². The molecule has 106 valence electrons. The van der Waals surface area contributed by atoms with Crippen molar-refractivity contribution < 1.29 is 32.3 Å². The third-order valence-corrected chi connectivity index (χ3v) is 2.81. The lowest BCUT2D eigenvalue weighted by atomic mass is 10.1. The van der Waals surface area contributed by atoms with Gasteiger partial charge < -0.3 is 4.74 Å². The number of fused-ring (bicyclic) bond motifs is 1. The van der Waals surface area contributed by atoms with Crippen molar-refractivity contribution in [2.45, 2.75) is 6.18 Å². The van der Waals surface area contributed by atoms with Gasteiger partial charge in [0.05, 0.1) is 23.8 Å². The van der Waals surface area contributed by atoms with Crippen LogP contribution in [0.2, 0.25) is 0 Å². The lowest BCUT2D eigenvalue weighted by Crippen LogP contribution is -2.35. The Hall–Kier alpha value is -2.38. The molecular formula is C12H8F3NO4. The lowest BCUT2D eigenvalue weighted by Gasteiger charge is -2.11. The first-order valence-corrected chi connectivity index (χ1v) is 5.40. The molecular weight excluding hydrogens is 279 g/mol. The molecule has 0 atom stereocenters. The van der Waals surface area contributed by atoms with E-state index in [-0.39, 0.29) is 11.1 Å². The van der Waals surface area contributed by atoms with E-state index in [1.807, 2.05) is 0 Å². The molecule has 5 nitrogen and oxygen atoms in total. The minimum Gasteiger partial charge on any atom is -0.468 e. The highest BCUT2D eigenvalue weighted by Crippen LogP contribution is 2.33. The van der Waals surface area contributed by atoms with Crippen LogP contribution in [0.15, 0.2) is 18.2 Å². The van der Waals surface area contributed by atoms with E-state index in [0.29, 0.717) is 17.0 Å². The summed E-state index contributed by atoms with van der Waals surface area (Å²) in [5, 5.41) is 0. The number of halogens is 3. The first-order valence-electron chi connectivity index (χ1n) is 5.40. The average molecular weight is 287 g/mol. The summed E-state index contributed by atoms with van der Waals surface area (Å²) >= 11 is 0. The van der Waals surface area contributed by atoms with E-state index in [4.69, 9.17) is 0 Å². The number of nitrogens with zero attached hydrogens (tertiary/aromatic N) is 1. The number of ether oxygens (including phenoxy) is 1. The lowest BCUT2D eigenvalue weighted by molar-refractivity contribution is -0.141. The van der Waals surface area contributed by atoms with Crippen molar-refractivity contribution in [3.8, 4) is 0 Å². The van der Waals surface area contributed by atoms with Gasteiger partial charge in [-0.3, -0.25) is 19.3 Å². The van der Waals surface area contributed by atoms with E-state index in [0.717, 1.165) is 13.2 Å². The van der Waals surface area contributed by atoms with Gasteiger partial charge in [0.15, 0.2) is 0 Å². The SMILES string of the molecule is COC(=O)CN1C(=O)c2ccc(C(F)(F)F)cc2C1=O. The molecule has 0 fully saturated rings. The Morgan fingerprint density at radius 1 is 1.20 bits per heavy atom. The molecule has 0 bridgehead atoms. The summed E-state index contributed by atoms with van der Waals surface area (Å²) in [7, 11) is 1.07. The van der Waals surface area contributed by atoms with Gasteiger partial charge in [-0.2, -0.15) is 13.2 Å². The molecule has 0 radical (unpaired) electrons. The predicted octanol–water partition coefficient (Wildman–Crippen LogP) is 1.47. The van der Waals surface area contributed by atoms with E-state index < -0.39 is 36.1 Å². The molecule has 0 saturated heterocycles. The molecule has 1 aromatic carbocycles. The molecule has 1 aromatic rings. The van der Waals surface area contributed by atoms with Gasteiger partial charge >= 0.3 is 12.1 Å². The Morgan fingerprint density at radius 3 is 2.35 bits per heavy atom. The van der Waals surface area contributed by atoms with Gasteiger partial charge in [0.25, 0.3) is 11.8 Å². The zero-order valence-corrected chi connectivity index (χ0v) is 10.2. The van der Waals surface area contributed by atoms with Crippen LogP contribution in [0.1, 0.15) is 26.3 Å². The molecule has 2 amide bonds. The fourth-order valence-corrected chi connectivity index (χ4v) is 1.80. The number of carbonyl (C=O) groups excluding carboxylic acids is 3. The Kier molecular flexibility index (Phi) is 3.24. The third-order valence-electron chi connectivity index (χ3n) is 2.81. The van der Waals surface area contributed by atoms with Crippen LogP contribution in [-0.4, -0.2) is 36.3 Å². The normalized spacial score (nSPS) is 14.5. The number of benzene rings is 1. The predicted molar refractivity (Wildman–Crippen MR) is 58.8 cm³/mol. The van der Waals surface area contributed by atoms with E-state index in [1.54, 1.807) is 0 Å². The van der Waals surface area contributed by atoms with Crippen LogP contribution in [0, 0.1) is 0 Å². The van der Waals surface area contributed by atoms with Crippen LogP contribution in [0.5, 0.6) is 0 Å². The smallest absolute Gasteiger partial charge is 0.416 e. The molecule has 0 spiro atoms. The molecule has 0 N–H and O–H groups in total. The van der Waals surface area contributed by atoms with Gasteiger partial charge in [-0.15, -0.1) is 0 Å². The third kappa shape index (κ3) is 2.24. The fraction of sp³-hybridized carbons (Fsp3) is 0.250. The molecule has 8 heteroatoms. The van der Waals surface area contributed by atoms with Crippen molar-refractivity contribution in [1.29, 1.82) is 0 Å². The molecule has 0 aliphatic carbocycles. The van der Waals surface area contributed by atoms with Crippen molar-refractivity contribution in [2.24, 2.45) is 0 Å². The van der Waals surface area contributed by atoms with Crippen LogP contribution in [0.25, 0.3) is 0 Å². The van der Waals surface area contributed by atoms with E-state index in [2.05, 4.69) is 4.74 Å². The standard InChI is InChI=1S/C12H8F3NO4/c1-20-9(17)5-16-10(18)7-3-2-6(12(13,14)15)4-8(7)11(16)19/h2-4H,5H2,1H3. The molecule has 20 heavy (non-hydrogen) atoms. The van der Waals surface area contributed by atoms with Crippen molar-refractivity contribution >= 4 is 17.8 Å². The summed E-state index contributed by atoms with van der Waals surface area (Å²) in [5.74, 6) is -2.60. The minimum atomic E-state index is -4.62. The summed E-state index contributed by atoms with van der Waals surface area (Å²) < 4.78 is 42.0. The molecule has 1 aliphatic rings. The van der Waals surface area contributed by atoms with Crippen LogP contribution in [-0.2, 0) is 15.7 Å². The summed E-state index contributed by atoms with van der Waals surface area (Å²) in [4.78, 5) is 35.3. The highest BCUT2D eigenvalue weighted by atomic mass is 19.4. The van der Waals surface area contributed by atoms with Gasteiger partial charge in [-0.25, -0.2) is 0 Å². The maximum atomic E-state index is 12.6. The zero-order chi connectivity index (χ0) is 15.1. The molecule has 0 unspecified atom stereocenters. The Bertz CT molecular complexity index is 609. The molecule has 2 rings (SSSR count). The Balaban J connectivity index is 2.39. The van der Waals surface area contributed by atoms with Crippen molar-refractivity contribution in [1.82, 2.24) is 4.90 Å². The van der Waals surface area contributed by atoms with Crippen molar-refractivity contribution in [2.75, 3.05) is 13.7 Å². The number of imide groups is 1. The molecule has 0 aromatic heterocycles. The quantitative estimate of drug-likeness (QED) is 0.610. The summed E-state index contributed by atoms with van der Waals surface area (Å²) in [6.45, 7) is -0.635. The van der Waals surface area contributed by atoms with Crippen LogP contribution in [0.4, 0.5) is 13.2 Å². The first kappa shape index (κ1) is 14.0. The van der Waals surface area contributed by atoms with E-state index >= 15 is 0 Å². The number of hydrogen-bond donors (Lipinski definition) is 0. The number of rotatable bonds is 2. The number of methoxy groups -OCH3 is 1. The van der Waals surface area contributed by atoms with Crippen LogP contribution in [0.3, 0.4) is 0 Å². The largest absolute Gasteiger partial charge is 0.468 e. The monoisotopic (exact) mass is 287 g/mol. The average Bonchev–Trinajstić information content (AvgIpc) is 2.62. The topological polar surface area (TPSA) is 63.7 Å². The van der Waals surface area contributed by atoms with Gasteiger partial charge in [0.1, 0.15) is 6.54 Å².